The molecule has 0 unspecified atom stereocenters. The molecule has 16 heteroatoms. The highest BCUT2D eigenvalue weighted by molar-refractivity contribution is 9.10. The van der Waals surface area contributed by atoms with Crippen LogP contribution in [0, 0.1) is 0 Å². The number of alkyl carbamates (subject to hydrolysis) is 2. The molecule has 3 aromatic rings. The Morgan fingerprint density at radius 1 is 0.820 bits per heavy atom. The number of imide groups is 2. The number of amides is 7. The number of carbonyl (C=O) groups excluding carboxylic acids is 7. The Hall–Kier alpha value is -5.09. The van der Waals surface area contributed by atoms with Gasteiger partial charge in [0.2, 0.25) is 5.91 Å². The average Bonchev–Trinajstić information content (AvgIpc) is 3.09. The molecule has 0 aliphatic carbocycles. The van der Waals surface area contributed by atoms with E-state index in [9.17, 15) is 33.6 Å². The van der Waals surface area contributed by atoms with Crippen LogP contribution in [0.15, 0.2) is 64.1 Å². The van der Waals surface area contributed by atoms with Crippen LogP contribution in [0.5, 0.6) is 0 Å². The predicted molar refractivity (Wildman–Crippen MR) is 186 cm³/mol. The molecule has 0 fully saturated rings. The summed E-state index contributed by atoms with van der Waals surface area (Å²) in [5.74, 6) is -3.96. The van der Waals surface area contributed by atoms with Gasteiger partial charge >= 0.3 is 12.2 Å². The van der Waals surface area contributed by atoms with Gasteiger partial charge in [-0.15, -0.1) is 0 Å². The van der Waals surface area contributed by atoms with Crippen molar-refractivity contribution in [1.29, 1.82) is 0 Å². The van der Waals surface area contributed by atoms with Crippen molar-refractivity contribution in [2.75, 3.05) is 26.2 Å². The summed E-state index contributed by atoms with van der Waals surface area (Å²) in [4.78, 5) is 93.6. The second kappa shape index (κ2) is 15.6. The summed E-state index contributed by atoms with van der Waals surface area (Å²) in [6, 6.07) is 10.6. The van der Waals surface area contributed by atoms with Crippen molar-refractivity contribution in [1.82, 2.24) is 20.4 Å². The highest BCUT2D eigenvalue weighted by Gasteiger charge is 2.45. The molecule has 0 saturated heterocycles. The monoisotopic (exact) mass is 811 g/mol. The average molecular weight is 813 g/mol. The van der Waals surface area contributed by atoms with E-state index in [4.69, 9.17) is 15.2 Å². The molecule has 0 saturated carbocycles. The molecule has 2 aliphatic rings. The minimum Gasteiger partial charge on any atom is -0.445 e. The first-order chi connectivity index (χ1) is 24.0. The summed E-state index contributed by atoms with van der Waals surface area (Å²) >= 11 is 6.75. The highest BCUT2D eigenvalue weighted by Crippen LogP contribution is 2.44. The topological polar surface area (TPSA) is 195 Å². The van der Waals surface area contributed by atoms with E-state index in [1.807, 2.05) is 30.3 Å². The number of primary amides is 1. The van der Waals surface area contributed by atoms with E-state index in [-0.39, 0.29) is 81.2 Å². The SMILES string of the molecule is C=CCOC(=O)NCCN1C(=O)c2cc(Br)c3c4c(cc(Br)c(c24)C1=O)C(=O)N([C@@H](CCCCNC(=O)OCc1ccccc1)C(N)=O)C3=O. The fourth-order valence-electron chi connectivity index (χ4n) is 5.81. The lowest BCUT2D eigenvalue weighted by Gasteiger charge is -2.35. The molecular weight excluding hydrogens is 782 g/mol. The summed E-state index contributed by atoms with van der Waals surface area (Å²) in [6.07, 6.45) is 0.738. The zero-order valence-corrected chi connectivity index (χ0v) is 29.6. The van der Waals surface area contributed by atoms with Gasteiger partial charge in [-0.3, -0.25) is 33.8 Å². The zero-order chi connectivity index (χ0) is 36.1. The lowest BCUT2D eigenvalue weighted by Crippen LogP contribution is -2.53. The van der Waals surface area contributed by atoms with Gasteiger partial charge in [-0.2, -0.15) is 0 Å². The van der Waals surface area contributed by atoms with E-state index >= 15 is 0 Å². The van der Waals surface area contributed by atoms with Crippen LogP contribution in [0.25, 0.3) is 10.8 Å². The van der Waals surface area contributed by atoms with Crippen LogP contribution in [0.3, 0.4) is 0 Å². The number of nitrogens with zero attached hydrogens (tertiary/aromatic N) is 2. The van der Waals surface area contributed by atoms with E-state index in [1.54, 1.807) is 0 Å². The maximum Gasteiger partial charge on any atom is 0.407 e. The van der Waals surface area contributed by atoms with Gasteiger partial charge in [-0.1, -0.05) is 43.0 Å². The Morgan fingerprint density at radius 3 is 2.06 bits per heavy atom. The number of halogens is 2. The molecule has 0 radical (unpaired) electrons. The van der Waals surface area contributed by atoms with Crippen LogP contribution in [-0.2, 0) is 20.9 Å². The maximum atomic E-state index is 14.0. The van der Waals surface area contributed by atoms with Crippen molar-refractivity contribution >= 4 is 84.4 Å². The van der Waals surface area contributed by atoms with Gasteiger partial charge in [0.1, 0.15) is 19.3 Å². The lowest BCUT2D eigenvalue weighted by molar-refractivity contribution is -0.122. The van der Waals surface area contributed by atoms with Crippen molar-refractivity contribution in [3.8, 4) is 0 Å². The fourth-order valence-corrected chi connectivity index (χ4v) is 7.00. The highest BCUT2D eigenvalue weighted by atomic mass is 79.9. The van der Waals surface area contributed by atoms with Crippen LogP contribution in [0.1, 0.15) is 66.3 Å². The number of hydrogen-bond donors (Lipinski definition) is 3. The van der Waals surface area contributed by atoms with Crippen molar-refractivity contribution in [2.24, 2.45) is 5.73 Å². The quantitative estimate of drug-likeness (QED) is 0.120. The Kier molecular flexibility index (Phi) is 11.3. The van der Waals surface area contributed by atoms with E-state index in [1.165, 1.54) is 18.2 Å². The Bertz CT molecular complexity index is 1940. The fraction of sp³-hybridized carbons (Fsp3) is 0.265. The molecular formula is C34H31Br2N5O9. The van der Waals surface area contributed by atoms with Gasteiger partial charge in [0, 0.05) is 50.5 Å². The van der Waals surface area contributed by atoms with Gasteiger partial charge in [0.25, 0.3) is 23.6 Å². The molecule has 0 spiro atoms. The van der Waals surface area contributed by atoms with E-state index in [0.29, 0.717) is 12.8 Å². The van der Waals surface area contributed by atoms with Crippen molar-refractivity contribution in [3.05, 3.63) is 91.9 Å². The molecule has 14 nitrogen and oxygen atoms in total. The van der Waals surface area contributed by atoms with Gasteiger partial charge < -0.3 is 25.8 Å². The first-order valence-electron chi connectivity index (χ1n) is 15.4. The number of carbonyl (C=O) groups is 7. The number of unbranched alkanes of at least 4 members (excludes halogenated alkanes) is 1. The molecule has 4 N–H and O–H groups in total. The standard InChI is InChI=1S/C34H31Br2N5O9/c1-2-14-49-33(47)39-12-13-40-29(43)19-15-22(36)27-25-20(16-21(35)26(24(19)25)31(40)45)30(44)41(32(27)46)23(28(37)42)10-6-7-11-38-34(48)50-17-18-8-4-3-5-9-18/h2-5,8-9,15-16,23H,1,6-7,10-14,17H2,(H2,37,42)(H,38,48)(H,39,47)/t23-/m0/s1. The van der Waals surface area contributed by atoms with Gasteiger partial charge in [0.05, 0.1) is 11.1 Å². The molecule has 2 aliphatic heterocycles. The molecule has 5 rings (SSSR count). The van der Waals surface area contributed by atoms with Gasteiger partial charge in [-0.25, -0.2) is 9.59 Å². The van der Waals surface area contributed by atoms with Crippen LogP contribution in [0.4, 0.5) is 9.59 Å². The zero-order valence-electron chi connectivity index (χ0n) is 26.5. The van der Waals surface area contributed by atoms with Crippen molar-refractivity contribution in [2.45, 2.75) is 31.9 Å². The van der Waals surface area contributed by atoms with Crippen molar-refractivity contribution in [3.63, 3.8) is 0 Å². The summed E-state index contributed by atoms with van der Waals surface area (Å²) in [7, 11) is 0. The molecule has 1 atom stereocenters. The third kappa shape index (κ3) is 7.26. The second-order valence-electron chi connectivity index (χ2n) is 11.3. The van der Waals surface area contributed by atoms with Crippen LogP contribution < -0.4 is 16.4 Å². The number of ether oxygens (including phenoxy) is 2. The molecule has 0 aromatic heterocycles. The van der Waals surface area contributed by atoms with E-state index in [2.05, 4.69) is 49.1 Å². The number of nitrogens with one attached hydrogen (secondary N) is 2. The smallest absolute Gasteiger partial charge is 0.407 e. The van der Waals surface area contributed by atoms with Crippen LogP contribution >= 0.6 is 31.9 Å². The third-order valence-corrected chi connectivity index (χ3v) is 9.34. The number of hydrogen-bond acceptors (Lipinski definition) is 9. The Morgan fingerprint density at radius 2 is 1.42 bits per heavy atom. The number of rotatable bonds is 14. The Balaban J connectivity index is 1.32. The minimum atomic E-state index is -1.33. The van der Waals surface area contributed by atoms with E-state index < -0.39 is 47.8 Å². The van der Waals surface area contributed by atoms with Crippen LogP contribution in [-0.4, -0.2) is 83.8 Å². The summed E-state index contributed by atoms with van der Waals surface area (Å²) in [6.45, 7) is 3.46. The number of benzene rings is 3. The molecule has 7 amide bonds. The first-order valence-corrected chi connectivity index (χ1v) is 17.0. The number of nitrogens with two attached hydrogens (primary N) is 1. The minimum absolute atomic E-state index is 0.0115. The molecule has 260 valence electrons. The Labute approximate surface area is 302 Å². The maximum absolute atomic E-state index is 14.0. The molecule has 3 aromatic carbocycles. The molecule has 0 bridgehead atoms. The summed E-state index contributed by atoms with van der Waals surface area (Å²) in [5.41, 5.74) is 6.63. The summed E-state index contributed by atoms with van der Waals surface area (Å²) < 4.78 is 10.4. The first kappa shape index (κ1) is 36.2. The summed E-state index contributed by atoms with van der Waals surface area (Å²) in [5, 5.41) is 5.28. The van der Waals surface area contributed by atoms with Gasteiger partial charge in [0.15, 0.2) is 0 Å². The largest absolute Gasteiger partial charge is 0.445 e. The van der Waals surface area contributed by atoms with Gasteiger partial charge in [-0.05, 0) is 68.8 Å². The third-order valence-electron chi connectivity index (χ3n) is 8.09. The van der Waals surface area contributed by atoms with E-state index in [0.717, 1.165) is 15.4 Å². The lowest BCUT2D eigenvalue weighted by atomic mass is 9.85. The molecule has 2 heterocycles. The predicted octanol–water partition coefficient (Wildman–Crippen LogP) is 4.42. The molecule has 50 heavy (non-hydrogen) atoms. The van der Waals surface area contributed by atoms with Crippen LogP contribution in [0.2, 0.25) is 0 Å². The second-order valence-corrected chi connectivity index (χ2v) is 13.0. The normalized spacial score (nSPS) is 14.0. The van der Waals surface area contributed by atoms with Crippen molar-refractivity contribution < 1.29 is 43.0 Å².